The fourth-order valence-corrected chi connectivity index (χ4v) is 6.03. The maximum absolute atomic E-state index is 14.4. The van der Waals surface area contributed by atoms with Gasteiger partial charge in [0.2, 0.25) is 0 Å². The van der Waals surface area contributed by atoms with E-state index in [-0.39, 0.29) is 12.2 Å². The molecule has 1 aliphatic rings. The van der Waals surface area contributed by atoms with Gasteiger partial charge in [-0.05, 0) is 23.1 Å². The van der Waals surface area contributed by atoms with Crippen molar-refractivity contribution in [3.63, 3.8) is 0 Å². The van der Waals surface area contributed by atoms with Gasteiger partial charge >= 0.3 is 0 Å². The fraction of sp³-hybridized carbons (Fsp3) is 0.182. The lowest BCUT2D eigenvalue weighted by atomic mass is 9.48. The van der Waals surface area contributed by atoms with E-state index < -0.39 is 28.8 Å². The predicted molar refractivity (Wildman–Crippen MR) is 141 cm³/mol. The summed E-state index contributed by atoms with van der Waals surface area (Å²) in [5.74, 6) is -2.89. The molecule has 180 valence electrons. The summed E-state index contributed by atoms with van der Waals surface area (Å²) in [5.41, 5.74) is -0.742. The summed E-state index contributed by atoms with van der Waals surface area (Å²) in [7, 11) is 0. The number of aliphatic hydroxyl groups is 1. The van der Waals surface area contributed by atoms with E-state index in [0.29, 0.717) is 16.7 Å². The van der Waals surface area contributed by atoms with Crippen LogP contribution in [0.3, 0.4) is 0 Å². The average Bonchev–Trinajstić information content (AvgIpc) is 2.98. The zero-order valence-electron chi connectivity index (χ0n) is 20.2. The van der Waals surface area contributed by atoms with E-state index >= 15 is 0 Å². The second-order valence-corrected chi connectivity index (χ2v) is 9.65. The minimum atomic E-state index is -1.63. The van der Waals surface area contributed by atoms with Crippen LogP contribution in [-0.4, -0.2) is 10.9 Å². The molecule has 1 saturated carbocycles. The molecule has 0 aromatic heterocycles. The highest BCUT2D eigenvalue weighted by Crippen LogP contribution is 2.63. The maximum atomic E-state index is 14.4. The highest BCUT2D eigenvalue weighted by molar-refractivity contribution is 5.99. The van der Waals surface area contributed by atoms with Gasteiger partial charge in [-0.3, -0.25) is 4.79 Å². The maximum Gasteiger partial charge on any atom is 0.169 e. The summed E-state index contributed by atoms with van der Waals surface area (Å²) in [6.45, 7) is 0. The summed E-state index contributed by atoms with van der Waals surface area (Å²) < 4.78 is 0. The lowest BCUT2D eigenvalue weighted by molar-refractivity contribution is -0.0783. The molecular formula is C33H26N2O2. The molecule has 4 atom stereocenters. The SMILES string of the molecule is N#CC1(C#N)C(c2ccccc2)CC(O)(c2ccccc2)C(C(=O)c2ccccc2)C1c1ccccc1. The largest absolute Gasteiger partial charge is 0.384 e. The third-order valence-corrected chi connectivity index (χ3v) is 7.75. The topological polar surface area (TPSA) is 84.9 Å². The summed E-state index contributed by atoms with van der Waals surface area (Å²) in [6, 6.07) is 41.4. The Morgan fingerprint density at radius 1 is 0.703 bits per heavy atom. The van der Waals surface area contributed by atoms with Crippen LogP contribution in [0.15, 0.2) is 121 Å². The second kappa shape index (κ2) is 9.86. The monoisotopic (exact) mass is 482 g/mol. The molecule has 0 spiro atoms. The van der Waals surface area contributed by atoms with Crippen molar-refractivity contribution in [3.8, 4) is 12.1 Å². The number of ketones is 1. The van der Waals surface area contributed by atoms with Crippen molar-refractivity contribution >= 4 is 5.78 Å². The van der Waals surface area contributed by atoms with E-state index in [1.165, 1.54) is 0 Å². The Balaban J connectivity index is 1.85. The molecule has 1 aliphatic carbocycles. The van der Waals surface area contributed by atoms with E-state index in [0.717, 1.165) is 5.56 Å². The molecule has 0 saturated heterocycles. The van der Waals surface area contributed by atoms with Crippen LogP contribution in [0.4, 0.5) is 0 Å². The number of carbonyl (C=O) groups is 1. The molecule has 0 amide bonds. The molecule has 0 radical (unpaired) electrons. The molecule has 4 unspecified atom stereocenters. The predicted octanol–water partition coefficient (Wildman–Crippen LogP) is 6.38. The molecule has 1 fully saturated rings. The van der Waals surface area contributed by atoms with Gasteiger partial charge in [-0.2, -0.15) is 10.5 Å². The lowest BCUT2D eigenvalue weighted by Crippen LogP contribution is -2.55. The minimum Gasteiger partial charge on any atom is -0.384 e. The van der Waals surface area contributed by atoms with E-state index in [1.54, 1.807) is 24.3 Å². The third kappa shape index (κ3) is 4.02. The number of carbonyl (C=O) groups excluding carboxylic acids is 1. The molecular weight excluding hydrogens is 456 g/mol. The summed E-state index contributed by atoms with van der Waals surface area (Å²) >= 11 is 0. The molecule has 4 nitrogen and oxygen atoms in total. The average molecular weight is 483 g/mol. The first-order valence-electron chi connectivity index (χ1n) is 12.3. The Morgan fingerprint density at radius 2 is 1.16 bits per heavy atom. The Labute approximate surface area is 217 Å². The Morgan fingerprint density at radius 3 is 1.68 bits per heavy atom. The molecule has 0 bridgehead atoms. The van der Waals surface area contributed by atoms with Crippen molar-refractivity contribution in [3.05, 3.63) is 144 Å². The molecule has 4 aromatic rings. The van der Waals surface area contributed by atoms with Crippen LogP contribution in [0, 0.1) is 34.0 Å². The number of nitrogens with zero attached hydrogens (tertiary/aromatic N) is 2. The number of benzene rings is 4. The molecule has 4 aromatic carbocycles. The van der Waals surface area contributed by atoms with Crippen molar-refractivity contribution in [2.75, 3.05) is 0 Å². The van der Waals surface area contributed by atoms with Gasteiger partial charge in [0, 0.05) is 17.4 Å². The van der Waals surface area contributed by atoms with Crippen LogP contribution < -0.4 is 0 Å². The van der Waals surface area contributed by atoms with E-state index in [1.807, 2.05) is 97.1 Å². The lowest BCUT2D eigenvalue weighted by Gasteiger charge is -2.53. The quantitative estimate of drug-likeness (QED) is 0.335. The highest BCUT2D eigenvalue weighted by atomic mass is 16.3. The third-order valence-electron chi connectivity index (χ3n) is 7.75. The normalized spacial score (nSPS) is 24.4. The van der Waals surface area contributed by atoms with E-state index in [9.17, 15) is 20.4 Å². The van der Waals surface area contributed by atoms with Crippen LogP contribution in [-0.2, 0) is 5.60 Å². The first kappa shape index (κ1) is 24.2. The molecule has 5 rings (SSSR count). The van der Waals surface area contributed by atoms with Crippen molar-refractivity contribution in [2.24, 2.45) is 11.3 Å². The number of rotatable bonds is 5. The van der Waals surface area contributed by atoms with Gasteiger partial charge in [0.1, 0.15) is 5.60 Å². The van der Waals surface area contributed by atoms with E-state index in [4.69, 9.17) is 0 Å². The fourth-order valence-electron chi connectivity index (χ4n) is 6.03. The smallest absolute Gasteiger partial charge is 0.169 e. The number of hydrogen-bond donors (Lipinski definition) is 1. The standard InChI is InChI=1S/C33H26N2O2/c34-22-32(23-35)28(24-13-5-1-6-14-24)21-33(37,27-19-11-4-12-20-27)30(29(32)25-15-7-2-8-16-25)31(36)26-17-9-3-10-18-26/h1-20,28-30,37H,21H2. The van der Waals surface area contributed by atoms with Gasteiger partial charge in [-0.15, -0.1) is 0 Å². The molecule has 0 aliphatic heterocycles. The second-order valence-electron chi connectivity index (χ2n) is 9.65. The summed E-state index contributed by atoms with van der Waals surface area (Å²) in [5, 5.41) is 34.2. The molecule has 4 heteroatoms. The highest BCUT2D eigenvalue weighted by Gasteiger charge is 2.64. The van der Waals surface area contributed by atoms with Gasteiger partial charge < -0.3 is 5.11 Å². The van der Waals surface area contributed by atoms with Crippen LogP contribution in [0.2, 0.25) is 0 Å². The van der Waals surface area contributed by atoms with E-state index in [2.05, 4.69) is 12.1 Å². The van der Waals surface area contributed by atoms with Gasteiger partial charge in [-0.25, -0.2) is 0 Å². The van der Waals surface area contributed by atoms with Gasteiger partial charge in [0.05, 0.1) is 18.1 Å². The van der Waals surface area contributed by atoms with Crippen molar-refractivity contribution in [1.29, 1.82) is 10.5 Å². The molecule has 1 N–H and O–H groups in total. The molecule has 0 heterocycles. The van der Waals surface area contributed by atoms with Crippen molar-refractivity contribution < 1.29 is 9.90 Å². The zero-order chi connectivity index (χ0) is 25.9. The van der Waals surface area contributed by atoms with Crippen LogP contribution in [0.1, 0.15) is 45.3 Å². The van der Waals surface area contributed by atoms with Gasteiger partial charge in [0.25, 0.3) is 0 Å². The van der Waals surface area contributed by atoms with Gasteiger partial charge in [-0.1, -0.05) is 121 Å². The first-order valence-corrected chi connectivity index (χ1v) is 12.3. The van der Waals surface area contributed by atoms with Gasteiger partial charge in [0.15, 0.2) is 11.2 Å². The summed E-state index contributed by atoms with van der Waals surface area (Å²) in [6.07, 6.45) is 0.0503. The Kier molecular flexibility index (Phi) is 6.45. The first-order chi connectivity index (χ1) is 18.0. The van der Waals surface area contributed by atoms with Crippen molar-refractivity contribution in [2.45, 2.75) is 23.9 Å². The Bertz CT molecular complexity index is 1440. The number of hydrogen-bond acceptors (Lipinski definition) is 4. The minimum absolute atomic E-state index is 0.0503. The van der Waals surface area contributed by atoms with Crippen LogP contribution in [0.25, 0.3) is 0 Å². The Hall–Kier alpha value is -4.51. The number of Topliss-reactive ketones (excluding diaryl/α,β-unsaturated/α-hetero) is 1. The van der Waals surface area contributed by atoms with Crippen LogP contribution in [0.5, 0.6) is 0 Å². The number of nitriles is 2. The van der Waals surface area contributed by atoms with Crippen molar-refractivity contribution in [1.82, 2.24) is 0 Å². The van der Waals surface area contributed by atoms with Crippen LogP contribution >= 0.6 is 0 Å². The molecule has 37 heavy (non-hydrogen) atoms. The summed E-state index contributed by atoms with van der Waals surface area (Å²) in [4.78, 5) is 14.4. The zero-order valence-corrected chi connectivity index (χ0v) is 20.2.